The molecule has 0 bridgehead atoms. The number of hydrogen-bond acceptors (Lipinski definition) is 4. The number of alkyl halides is 4. The molecule has 1 aromatic carbocycles. The van der Waals surface area contributed by atoms with E-state index in [-0.39, 0.29) is 18.6 Å². The lowest BCUT2D eigenvalue weighted by molar-refractivity contribution is -0.144. The molecule has 23 heavy (non-hydrogen) atoms. The highest BCUT2D eigenvalue weighted by atomic mass is 32.2. The van der Waals surface area contributed by atoms with Crippen LogP contribution >= 0.6 is 0 Å². The van der Waals surface area contributed by atoms with Crippen molar-refractivity contribution in [2.45, 2.75) is 48.2 Å². The van der Waals surface area contributed by atoms with Gasteiger partial charge in [-0.2, -0.15) is 8.78 Å². The summed E-state index contributed by atoms with van der Waals surface area (Å²) in [6, 6.07) is 2.06. The number of benzene rings is 1. The van der Waals surface area contributed by atoms with Crippen LogP contribution in [0.5, 0.6) is 5.75 Å². The van der Waals surface area contributed by atoms with Gasteiger partial charge in [0.05, 0.1) is 4.90 Å². The van der Waals surface area contributed by atoms with Crippen LogP contribution in [0.3, 0.4) is 0 Å². The lowest BCUT2D eigenvalue weighted by Gasteiger charge is -2.31. The Morgan fingerprint density at radius 2 is 1.83 bits per heavy atom. The van der Waals surface area contributed by atoms with Crippen molar-refractivity contribution < 1.29 is 35.8 Å². The number of hydrogen-bond donors (Lipinski definition) is 1. The van der Waals surface area contributed by atoms with Crippen molar-refractivity contribution in [3.05, 3.63) is 23.3 Å². The van der Waals surface area contributed by atoms with Gasteiger partial charge in [-0.1, -0.05) is 0 Å². The van der Waals surface area contributed by atoms with E-state index in [0.717, 1.165) is 18.4 Å². The molecule has 2 atom stereocenters. The Labute approximate surface area is 130 Å². The summed E-state index contributed by atoms with van der Waals surface area (Å²) in [6.45, 7) is 0. The van der Waals surface area contributed by atoms with E-state index >= 15 is 0 Å². The molecular formula is C14H14F4O4S. The SMILES string of the molecule is CS(=O)(=O)c1ccc(O[C@H]2C[C@@H](F)C2)c2c1[C@H](O)C(F)(F)[C@@H]2F. The number of rotatable bonds is 3. The van der Waals surface area contributed by atoms with Gasteiger partial charge in [-0.05, 0) is 12.1 Å². The average Bonchev–Trinajstić information content (AvgIpc) is 2.58. The summed E-state index contributed by atoms with van der Waals surface area (Å²) in [5.74, 6) is -4.45. The number of aliphatic hydroxyl groups excluding tert-OH is 1. The van der Waals surface area contributed by atoms with Gasteiger partial charge in [0, 0.05) is 30.2 Å². The number of ether oxygens (including phenoxy) is 1. The molecule has 1 fully saturated rings. The van der Waals surface area contributed by atoms with Crippen molar-refractivity contribution in [1.82, 2.24) is 0 Å². The Kier molecular flexibility index (Phi) is 3.64. The van der Waals surface area contributed by atoms with Crippen molar-refractivity contribution >= 4 is 9.84 Å². The highest BCUT2D eigenvalue weighted by Gasteiger charge is 2.59. The molecule has 0 saturated heterocycles. The molecule has 2 aliphatic rings. The van der Waals surface area contributed by atoms with Crippen molar-refractivity contribution in [1.29, 1.82) is 0 Å². The summed E-state index contributed by atoms with van der Waals surface area (Å²) < 4.78 is 83.4. The second-order valence-corrected chi connectivity index (χ2v) is 7.89. The molecule has 1 saturated carbocycles. The summed E-state index contributed by atoms with van der Waals surface area (Å²) in [4.78, 5) is -0.566. The minimum atomic E-state index is -4.16. The van der Waals surface area contributed by atoms with Gasteiger partial charge in [0.2, 0.25) is 0 Å². The summed E-state index contributed by atoms with van der Waals surface area (Å²) in [7, 11) is -3.96. The van der Waals surface area contributed by atoms with E-state index in [4.69, 9.17) is 4.74 Å². The Morgan fingerprint density at radius 3 is 2.35 bits per heavy atom. The number of aliphatic hydroxyl groups is 1. The van der Waals surface area contributed by atoms with Gasteiger partial charge in [-0.15, -0.1) is 0 Å². The van der Waals surface area contributed by atoms with Crippen LogP contribution in [0.1, 0.15) is 36.2 Å². The van der Waals surface area contributed by atoms with Crippen LogP contribution in [0, 0.1) is 0 Å². The molecule has 0 aliphatic heterocycles. The zero-order valence-electron chi connectivity index (χ0n) is 12.0. The first-order valence-electron chi connectivity index (χ1n) is 6.91. The molecule has 2 aliphatic carbocycles. The maximum Gasteiger partial charge on any atom is 0.312 e. The van der Waals surface area contributed by atoms with Crippen LogP contribution in [0.15, 0.2) is 17.0 Å². The maximum absolute atomic E-state index is 14.2. The number of fused-ring (bicyclic) bond motifs is 1. The van der Waals surface area contributed by atoms with E-state index in [1.54, 1.807) is 0 Å². The fourth-order valence-electron chi connectivity index (χ4n) is 2.87. The van der Waals surface area contributed by atoms with E-state index in [1.807, 2.05) is 0 Å². The van der Waals surface area contributed by atoms with Gasteiger partial charge in [-0.3, -0.25) is 0 Å². The van der Waals surface area contributed by atoms with Crippen LogP contribution in [-0.2, 0) is 9.84 Å². The van der Waals surface area contributed by atoms with Gasteiger partial charge in [0.1, 0.15) is 24.1 Å². The summed E-state index contributed by atoms with van der Waals surface area (Å²) in [5.41, 5.74) is -1.36. The first-order valence-corrected chi connectivity index (χ1v) is 8.80. The molecule has 0 heterocycles. The largest absolute Gasteiger partial charge is 0.490 e. The van der Waals surface area contributed by atoms with Gasteiger partial charge in [-0.25, -0.2) is 17.2 Å². The minimum absolute atomic E-state index is 0.0541. The minimum Gasteiger partial charge on any atom is -0.490 e. The van der Waals surface area contributed by atoms with Gasteiger partial charge in [0.25, 0.3) is 0 Å². The highest BCUT2D eigenvalue weighted by molar-refractivity contribution is 7.90. The van der Waals surface area contributed by atoms with Gasteiger partial charge in [0.15, 0.2) is 16.0 Å². The lowest BCUT2D eigenvalue weighted by atomic mass is 9.93. The van der Waals surface area contributed by atoms with Crippen LogP contribution in [0.2, 0.25) is 0 Å². The van der Waals surface area contributed by atoms with E-state index in [1.165, 1.54) is 0 Å². The molecule has 0 aromatic heterocycles. The van der Waals surface area contributed by atoms with Gasteiger partial charge < -0.3 is 9.84 Å². The zero-order chi connectivity index (χ0) is 17.2. The lowest BCUT2D eigenvalue weighted by Crippen LogP contribution is -2.35. The van der Waals surface area contributed by atoms with Crippen LogP contribution in [0.25, 0.3) is 0 Å². The van der Waals surface area contributed by atoms with Crippen molar-refractivity contribution in [3.63, 3.8) is 0 Å². The Balaban J connectivity index is 2.12. The van der Waals surface area contributed by atoms with Crippen LogP contribution in [0.4, 0.5) is 17.6 Å². The van der Waals surface area contributed by atoms with E-state index in [9.17, 15) is 31.1 Å². The Hall–Kier alpha value is -1.35. The summed E-state index contributed by atoms with van der Waals surface area (Å²) >= 11 is 0. The number of halogens is 4. The maximum atomic E-state index is 14.2. The molecular weight excluding hydrogens is 340 g/mol. The second kappa shape index (κ2) is 5.07. The van der Waals surface area contributed by atoms with E-state index < -0.39 is 56.3 Å². The fourth-order valence-corrected chi connectivity index (χ4v) is 3.80. The predicted molar refractivity (Wildman–Crippen MR) is 71.9 cm³/mol. The monoisotopic (exact) mass is 354 g/mol. The molecule has 0 unspecified atom stereocenters. The topological polar surface area (TPSA) is 63.6 Å². The van der Waals surface area contributed by atoms with Crippen molar-refractivity contribution in [3.8, 4) is 5.75 Å². The van der Waals surface area contributed by atoms with E-state index in [2.05, 4.69) is 0 Å². The Bertz CT molecular complexity index is 743. The standard InChI is InChI=1S/C14H14F4O4S/c1-23(20,21)9-3-2-8(22-7-4-6(15)5-7)10-11(9)13(19)14(17,18)12(10)16/h2-3,6-7,12-13,19H,4-5H2,1H3/t6-,7+,12-,13+/m1/s1. The van der Waals surface area contributed by atoms with Crippen LogP contribution in [-0.4, -0.2) is 38.0 Å². The molecule has 4 nitrogen and oxygen atoms in total. The molecule has 0 amide bonds. The molecule has 0 radical (unpaired) electrons. The highest BCUT2D eigenvalue weighted by Crippen LogP contribution is 2.57. The van der Waals surface area contributed by atoms with Gasteiger partial charge >= 0.3 is 5.92 Å². The zero-order valence-corrected chi connectivity index (χ0v) is 12.8. The van der Waals surface area contributed by atoms with Crippen molar-refractivity contribution in [2.24, 2.45) is 0 Å². The molecule has 128 valence electrons. The van der Waals surface area contributed by atoms with Crippen LogP contribution < -0.4 is 4.74 Å². The summed E-state index contributed by atoms with van der Waals surface area (Å²) in [5, 5.41) is 9.73. The second-order valence-electron chi connectivity index (χ2n) is 5.91. The normalized spacial score (nSPS) is 32.3. The summed E-state index contributed by atoms with van der Waals surface area (Å²) in [6.07, 6.45) is -6.24. The van der Waals surface area contributed by atoms with E-state index in [0.29, 0.717) is 0 Å². The molecule has 1 N–H and O–H groups in total. The third-order valence-electron chi connectivity index (χ3n) is 4.17. The average molecular weight is 354 g/mol. The molecule has 1 aromatic rings. The molecule has 3 rings (SSSR count). The quantitative estimate of drug-likeness (QED) is 0.848. The first-order chi connectivity index (χ1) is 10.5. The molecule has 0 spiro atoms. The smallest absolute Gasteiger partial charge is 0.312 e. The third kappa shape index (κ3) is 2.50. The number of sulfone groups is 1. The fraction of sp³-hybridized carbons (Fsp3) is 0.571. The Morgan fingerprint density at radius 1 is 1.22 bits per heavy atom. The van der Waals surface area contributed by atoms with Crippen molar-refractivity contribution in [2.75, 3.05) is 6.26 Å². The third-order valence-corrected chi connectivity index (χ3v) is 5.32. The predicted octanol–water partition coefficient (Wildman–Crippen LogP) is 2.66. The first kappa shape index (κ1) is 16.5. The molecule has 9 heteroatoms.